The smallest absolute Gasteiger partial charge is 0.224 e. The van der Waals surface area contributed by atoms with E-state index in [2.05, 4.69) is 70.4 Å². The quantitative estimate of drug-likeness (QED) is 0.0231. The number of ether oxygens (including phenoxy) is 6. The molecule has 131 heavy (non-hydrogen) atoms. The van der Waals surface area contributed by atoms with Gasteiger partial charge in [-0.05, 0) is 243 Å². The Kier molecular flexibility index (Phi) is 45.7. The molecule has 6 amide bonds. The summed E-state index contributed by atoms with van der Waals surface area (Å²) >= 11 is 48.9. The maximum Gasteiger partial charge on any atom is 0.224 e. The summed E-state index contributed by atoms with van der Waals surface area (Å²) in [4.78, 5) is 69.5. The van der Waals surface area contributed by atoms with Gasteiger partial charge < -0.3 is 60.3 Å². The lowest BCUT2D eigenvalue weighted by Crippen LogP contribution is -2.13. The third-order valence-electron chi connectivity index (χ3n) is 19.2. The van der Waals surface area contributed by atoms with Gasteiger partial charge in [0.25, 0.3) is 0 Å². The third-order valence-corrected chi connectivity index (χ3v) is 23.1. The van der Waals surface area contributed by atoms with E-state index in [0.29, 0.717) is 152 Å². The number of benzene rings is 12. The molecular formula is C103H106BrCl7FIN6O12. The van der Waals surface area contributed by atoms with Gasteiger partial charge in [-0.3, -0.25) is 28.8 Å². The SMILES string of the molecule is CCC(=O)Nc1cccc(Br)c1COc1ccc(C)cc1Cl.CCC(=O)Nc1cccc(C)c1COc1ccc(C)cc1Cl.CCC(=O)Nc1cccc(Cl)c1COc1ccc(C)cc1Cl.CCC(=O)Nc1cccc(F)c1COc1ccc(C)cc1Cl.CCC(=O)Nc1cccc(I)c1COc1ccc(C)cc1Cl.CCC(=O)Nc1ccccc1COc1ccc(C)cc1Cl. The van der Waals surface area contributed by atoms with E-state index < -0.39 is 5.82 Å². The molecule has 0 saturated carbocycles. The van der Waals surface area contributed by atoms with Crippen LogP contribution in [-0.4, -0.2) is 35.4 Å². The zero-order valence-electron chi connectivity index (χ0n) is 75.0. The average Bonchev–Trinajstić information content (AvgIpc) is 0.849. The van der Waals surface area contributed by atoms with E-state index in [1.165, 1.54) is 6.07 Å². The van der Waals surface area contributed by atoms with Crippen molar-refractivity contribution in [1.82, 2.24) is 0 Å². The lowest BCUT2D eigenvalue weighted by atomic mass is 10.1. The molecule has 0 fully saturated rings. The van der Waals surface area contributed by atoms with Gasteiger partial charge in [0.05, 0.1) is 35.8 Å². The standard InChI is InChI=1S/C18H20ClNO2.C17H17BrClNO2.C17H17Cl2NO2.C17H17ClFNO2.C17H17ClINO2.C17H18ClNO2/c1-4-18(21)20-16-7-5-6-13(3)14(16)11-22-17-9-8-12(2)10-15(17)19;2*1-3-17(21)20-15-6-4-5-13(18)12(15)10-22-16-8-7-11(2)9-14(16)19;2*1-3-17(21)20-15-6-4-5-14(19)12(15)10-22-16-8-7-11(2)9-13(16)18;1-3-17(20)19-15-7-5-4-6-13(15)11-21-16-9-8-12(2)10-14(16)18/h5-10H,4,11H2,1-3H3,(H,20,21);4*4-9H,3,10H2,1-2H3,(H,20,21);4-10H,3,11H2,1-2H3,(H,19,20). The summed E-state index contributed by atoms with van der Waals surface area (Å²) in [7, 11) is 0. The molecule has 0 bridgehead atoms. The summed E-state index contributed by atoms with van der Waals surface area (Å²) in [5.41, 5.74) is 16.3. The number of hydrogen-bond donors (Lipinski definition) is 6. The Hall–Kier alpha value is -10.6. The normalized spacial score (nSPS) is 10.3. The van der Waals surface area contributed by atoms with E-state index in [1.54, 1.807) is 56.3 Å². The number of amides is 6. The maximum absolute atomic E-state index is 14.0. The molecule has 0 radical (unpaired) electrons. The van der Waals surface area contributed by atoms with Crippen LogP contribution in [0.5, 0.6) is 34.5 Å². The Bertz CT molecular complexity index is 5220. The molecule has 6 N–H and O–H groups in total. The first-order valence-corrected chi connectivity index (χ1v) is 46.5. The zero-order valence-corrected chi connectivity index (χ0v) is 84.1. The molecule has 0 aliphatic rings. The minimum atomic E-state index is -0.433. The van der Waals surface area contributed by atoms with Crippen molar-refractivity contribution in [3.8, 4) is 34.5 Å². The van der Waals surface area contributed by atoms with E-state index >= 15 is 0 Å². The molecule has 0 aliphatic carbocycles. The summed E-state index contributed by atoms with van der Waals surface area (Å²) in [5.74, 6) is 2.83. The summed E-state index contributed by atoms with van der Waals surface area (Å²) in [6, 6.07) is 68.3. The fraction of sp³-hybridized carbons (Fsp3) is 0.243. The molecule has 0 atom stereocenters. The van der Waals surface area contributed by atoms with Crippen LogP contribution in [0.3, 0.4) is 0 Å². The van der Waals surface area contributed by atoms with Crippen molar-refractivity contribution in [3.63, 3.8) is 0 Å². The van der Waals surface area contributed by atoms with Gasteiger partial charge in [-0.15, -0.1) is 0 Å². The van der Waals surface area contributed by atoms with E-state index in [-0.39, 0.29) is 48.7 Å². The summed E-state index contributed by atoms with van der Waals surface area (Å²) in [5, 5.41) is 21.0. The number of halogens is 10. The van der Waals surface area contributed by atoms with Gasteiger partial charge in [0.15, 0.2) is 0 Å². The molecule has 12 rings (SSSR count). The molecule has 0 unspecified atom stereocenters. The second kappa shape index (κ2) is 55.7. The summed E-state index contributed by atoms with van der Waals surface area (Å²) in [6.07, 6.45) is 2.47. The number of anilines is 6. The molecule has 0 heterocycles. The lowest BCUT2D eigenvalue weighted by Gasteiger charge is -2.15. The van der Waals surface area contributed by atoms with Crippen LogP contribution in [0, 0.1) is 57.9 Å². The minimum Gasteiger partial charge on any atom is -0.487 e. The molecule has 28 heteroatoms. The van der Waals surface area contributed by atoms with Gasteiger partial charge in [0, 0.05) is 113 Å². The van der Waals surface area contributed by atoms with Crippen molar-refractivity contribution >= 4 is 189 Å². The number of rotatable bonds is 30. The van der Waals surface area contributed by atoms with Gasteiger partial charge >= 0.3 is 0 Å². The highest BCUT2D eigenvalue weighted by Crippen LogP contribution is 2.37. The predicted molar refractivity (Wildman–Crippen MR) is 545 cm³/mol. The van der Waals surface area contributed by atoms with Crippen molar-refractivity contribution in [1.29, 1.82) is 0 Å². The Morgan fingerprint density at radius 2 is 0.542 bits per heavy atom. The van der Waals surface area contributed by atoms with E-state index in [1.807, 2.05) is 252 Å². The molecule has 690 valence electrons. The number of hydrogen-bond acceptors (Lipinski definition) is 12. The highest BCUT2D eigenvalue weighted by atomic mass is 127. The number of para-hydroxylation sites is 1. The molecule has 0 spiro atoms. The molecule has 12 aromatic rings. The first-order chi connectivity index (χ1) is 62.6. The van der Waals surface area contributed by atoms with Gasteiger partial charge in [-0.25, -0.2) is 4.39 Å². The maximum atomic E-state index is 14.0. The topological polar surface area (TPSA) is 230 Å². The van der Waals surface area contributed by atoms with Crippen molar-refractivity contribution in [2.75, 3.05) is 31.9 Å². The highest BCUT2D eigenvalue weighted by Gasteiger charge is 2.19. The first kappa shape index (κ1) is 107. The van der Waals surface area contributed by atoms with Crippen LogP contribution < -0.4 is 60.3 Å². The van der Waals surface area contributed by atoms with Crippen molar-refractivity contribution in [3.05, 3.63) is 346 Å². The van der Waals surface area contributed by atoms with Crippen LogP contribution in [0.4, 0.5) is 38.5 Å². The van der Waals surface area contributed by atoms with E-state index in [9.17, 15) is 33.2 Å². The van der Waals surface area contributed by atoms with Gasteiger partial charge in [-0.1, -0.05) is 230 Å². The number of nitrogens with one attached hydrogen (secondary N) is 6. The largest absolute Gasteiger partial charge is 0.487 e. The second-order valence-corrected chi connectivity index (χ2v) is 34.4. The number of aryl methyl sites for hydroxylation is 7. The third kappa shape index (κ3) is 35.8. The van der Waals surface area contributed by atoms with Crippen LogP contribution in [0.1, 0.15) is 152 Å². The Balaban J connectivity index is 0.000000215. The van der Waals surface area contributed by atoms with Crippen molar-refractivity contribution in [2.24, 2.45) is 0 Å². The van der Waals surface area contributed by atoms with Crippen molar-refractivity contribution < 1.29 is 61.6 Å². The van der Waals surface area contributed by atoms with Crippen LogP contribution in [0.25, 0.3) is 0 Å². The molecular weight excluding hydrogens is 1990 g/mol. The predicted octanol–water partition coefficient (Wildman–Crippen LogP) is 29.9. The van der Waals surface area contributed by atoms with E-state index in [4.69, 9.17) is 110 Å². The number of carbonyl (C=O) groups excluding carboxylic acids is 6. The van der Waals surface area contributed by atoms with Crippen LogP contribution in [0.15, 0.2) is 229 Å². The van der Waals surface area contributed by atoms with Gasteiger partial charge in [0.2, 0.25) is 35.4 Å². The zero-order chi connectivity index (χ0) is 95.8. The molecule has 0 aliphatic heterocycles. The van der Waals surface area contributed by atoms with Crippen LogP contribution >= 0.6 is 120 Å². The fourth-order valence-electron chi connectivity index (χ4n) is 11.7. The highest BCUT2D eigenvalue weighted by molar-refractivity contribution is 14.1. The second-order valence-electron chi connectivity index (χ2n) is 29.6. The summed E-state index contributed by atoms with van der Waals surface area (Å²) in [6.45, 7) is 26.2. The molecule has 18 nitrogen and oxygen atoms in total. The summed E-state index contributed by atoms with van der Waals surface area (Å²) < 4.78 is 50.5. The lowest BCUT2D eigenvalue weighted by molar-refractivity contribution is -0.116. The van der Waals surface area contributed by atoms with E-state index in [0.717, 1.165) is 97.6 Å². The molecule has 12 aromatic carbocycles. The Morgan fingerprint density at radius 3 is 0.908 bits per heavy atom. The van der Waals surface area contributed by atoms with Crippen LogP contribution in [-0.2, 0) is 68.4 Å². The molecule has 0 aromatic heterocycles. The minimum absolute atomic E-state index is 0.0137. The van der Waals surface area contributed by atoms with Gasteiger partial charge in [-0.2, -0.15) is 0 Å². The average molecular weight is 2090 g/mol. The van der Waals surface area contributed by atoms with Gasteiger partial charge in [0.1, 0.15) is 80.0 Å². The van der Waals surface area contributed by atoms with Crippen LogP contribution in [0.2, 0.25) is 35.2 Å². The Morgan fingerprint density at radius 1 is 0.282 bits per heavy atom. The monoisotopic (exact) mass is 2090 g/mol. The Labute approximate surface area is 824 Å². The van der Waals surface area contributed by atoms with Crippen molar-refractivity contribution in [2.45, 2.75) is 168 Å². The first-order valence-electron chi connectivity index (χ1n) is 42.0. The molecule has 0 saturated heterocycles. The number of carbonyl (C=O) groups is 6. The fourth-order valence-corrected chi connectivity index (χ4v) is 14.8.